The summed E-state index contributed by atoms with van der Waals surface area (Å²) in [6, 6.07) is 7.58. The quantitative estimate of drug-likeness (QED) is 0.931. The minimum Gasteiger partial charge on any atom is -0.389 e. The molecule has 1 saturated heterocycles. The van der Waals surface area contributed by atoms with Crippen molar-refractivity contribution in [2.75, 3.05) is 6.54 Å². The second kappa shape index (κ2) is 5.48. The molecule has 5 heteroatoms. The molecule has 0 aromatic heterocycles. The lowest BCUT2D eigenvalue weighted by Gasteiger charge is -2.34. The van der Waals surface area contributed by atoms with Crippen LogP contribution in [0.15, 0.2) is 29.2 Å². The molecule has 1 heterocycles. The van der Waals surface area contributed by atoms with Crippen molar-refractivity contribution in [3.8, 4) is 0 Å². The molecule has 0 bridgehead atoms. The van der Waals surface area contributed by atoms with E-state index in [-0.39, 0.29) is 6.04 Å². The fourth-order valence-corrected chi connectivity index (χ4v) is 5.50. The van der Waals surface area contributed by atoms with Crippen LogP contribution in [-0.2, 0) is 16.4 Å². The molecule has 2 aliphatic rings. The number of fused-ring (bicyclic) bond motifs is 1. The second-order valence-corrected chi connectivity index (χ2v) is 8.68. The number of sulfonamides is 1. The van der Waals surface area contributed by atoms with Crippen molar-refractivity contribution in [3.05, 3.63) is 40.3 Å². The smallest absolute Gasteiger partial charge is 0.239 e. The van der Waals surface area contributed by atoms with Crippen molar-refractivity contribution in [1.29, 1.82) is 0 Å². The van der Waals surface area contributed by atoms with E-state index >= 15 is 0 Å². The number of aliphatic hydroxyl groups is 1. The first kappa shape index (κ1) is 15.7. The Morgan fingerprint density at radius 3 is 2.68 bits per heavy atom. The molecule has 1 aliphatic heterocycles. The number of benzene rings is 1. The molecule has 22 heavy (non-hydrogen) atoms. The van der Waals surface area contributed by atoms with Gasteiger partial charge in [-0.05, 0) is 56.7 Å². The molecule has 1 aliphatic carbocycles. The Hall–Kier alpha value is -1.17. The summed E-state index contributed by atoms with van der Waals surface area (Å²) in [7, 11) is -3.50. The first-order valence-corrected chi connectivity index (χ1v) is 9.27. The second-order valence-electron chi connectivity index (χ2n) is 6.74. The van der Waals surface area contributed by atoms with E-state index in [4.69, 9.17) is 0 Å². The first-order valence-electron chi connectivity index (χ1n) is 7.83. The highest BCUT2D eigenvalue weighted by Gasteiger charge is 2.43. The summed E-state index contributed by atoms with van der Waals surface area (Å²) in [6.45, 7) is 3.88. The maximum atomic E-state index is 13.0. The van der Waals surface area contributed by atoms with Crippen LogP contribution in [0.3, 0.4) is 0 Å². The van der Waals surface area contributed by atoms with E-state index in [1.165, 1.54) is 9.87 Å². The lowest BCUT2D eigenvalue weighted by molar-refractivity contribution is 0.0217. The number of aryl methyl sites for hydroxylation is 1. The van der Waals surface area contributed by atoms with Gasteiger partial charge in [0.15, 0.2) is 0 Å². The summed E-state index contributed by atoms with van der Waals surface area (Å²) >= 11 is 0. The van der Waals surface area contributed by atoms with Crippen LogP contribution in [0.1, 0.15) is 44.2 Å². The van der Waals surface area contributed by atoms with Gasteiger partial charge in [0.25, 0.3) is 0 Å². The predicted octanol–water partition coefficient (Wildman–Crippen LogP) is 2.54. The van der Waals surface area contributed by atoms with Crippen molar-refractivity contribution in [1.82, 2.24) is 4.31 Å². The van der Waals surface area contributed by atoms with Gasteiger partial charge in [0.05, 0.1) is 16.5 Å². The molecule has 0 radical (unpaired) electrons. The van der Waals surface area contributed by atoms with Gasteiger partial charge in [0.1, 0.15) is 0 Å². The highest BCUT2D eigenvalue weighted by molar-refractivity contribution is 7.93. The first-order chi connectivity index (χ1) is 10.3. The summed E-state index contributed by atoms with van der Waals surface area (Å²) in [4.78, 5) is 0.474. The van der Waals surface area contributed by atoms with Crippen LogP contribution in [0.25, 0.3) is 6.08 Å². The standard InChI is InChI=1S/C17H23NO3S/c1-17(2,19)16-8-5-11-18(16)22(20,21)15-10-9-13-6-3-4-7-14(13)12-15/h3-4,6-7,12,16,19H,5,8-11H2,1-2H3. The van der Waals surface area contributed by atoms with E-state index in [2.05, 4.69) is 0 Å². The van der Waals surface area contributed by atoms with Crippen molar-refractivity contribution >= 4 is 16.1 Å². The maximum Gasteiger partial charge on any atom is 0.239 e. The average molecular weight is 321 g/mol. The highest BCUT2D eigenvalue weighted by Crippen LogP contribution is 2.35. The third kappa shape index (κ3) is 2.73. The van der Waals surface area contributed by atoms with Crippen molar-refractivity contribution < 1.29 is 13.5 Å². The number of hydrogen-bond donors (Lipinski definition) is 1. The van der Waals surface area contributed by atoms with E-state index in [1.54, 1.807) is 19.9 Å². The lowest BCUT2D eigenvalue weighted by atomic mass is 9.97. The van der Waals surface area contributed by atoms with Gasteiger partial charge < -0.3 is 5.11 Å². The van der Waals surface area contributed by atoms with Gasteiger partial charge in [-0.1, -0.05) is 24.3 Å². The van der Waals surface area contributed by atoms with Gasteiger partial charge in [0, 0.05) is 6.54 Å². The zero-order valence-electron chi connectivity index (χ0n) is 13.1. The molecule has 3 rings (SSSR count). The van der Waals surface area contributed by atoms with Crippen LogP contribution in [0, 0.1) is 0 Å². The van der Waals surface area contributed by atoms with Gasteiger partial charge in [-0.15, -0.1) is 0 Å². The summed E-state index contributed by atoms with van der Waals surface area (Å²) in [6.07, 6.45) is 4.61. The topological polar surface area (TPSA) is 57.6 Å². The Kier molecular flexibility index (Phi) is 3.91. The molecular formula is C17H23NO3S. The average Bonchev–Trinajstić information content (AvgIpc) is 2.97. The van der Waals surface area contributed by atoms with Crippen LogP contribution in [0.4, 0.5) is 0 Å². The van der Waals surface area contributed by atoms with E-state index in [0.717, 1.165) is 18.4 Å². The maximum absolute atomic E-state index is 13.0. The van der Waals surface area contributed by atoms with Crippen LogP contribution in [0.2, 0.25) is 0 Å². The molecule has 4 nitrogen and oxygen atoms in total. The number of allylic oxidation sites excluding steroid dienone is 1. The molecule has 1 N–H and O–H groups in total. The van der Waals surface area contributed by atoms with Gasteiger partial charge >= 0.3 is 0 Å². The summed E-state index contributed by atoms with van der Waals surface area (Å²) in [5.41, 5.74) is 1.17. The summed E-state index contributed by atoms with van der Waals surface area (Å²) in [5, 5.41) is 10.3. The number of nitrogens with zero attached hydrogens (tertiary/aromatic N) is 1. The predicted molar refractivity (Wildman–Crippen MR) is 87.7 cm³/mol. The Morgan fingerprint density at radius 1 is 1.23 bits per heavy atom. The van der Waals surface area contributed by atoms with Gasteiger partial charge in [-0.25, -0.2) is 8.42 Å². The van der Waals surface area contributed by atoms with Gasteiger partial charge in [-0.3, -0.25) is 0 Å². The van der Waals surface area contributed by atoms with E-state index < -0.39 is 15.6 Å². The van der Waals surface area contributed by atoms with Crippen LogP contribution >= 0.6 is 0 Å². The third-order valence-electron chi connectivity index (χ3n) is 4.67. The Labute approximate surface area is 132 Å². The normalized spacial score (nSPS) is 23.2. The van der Waals surface area contributed by atoms with Crippen molar-refractivity contribution in [3.63, 3.8) is 0 Å². The van der Waals surface area contributed by atoms with E-state index in [1.807, 2.05) is 24.3 Å². The molecular weight excluding hydrogens is 298 g/mol. The van der Waals surface area contributed by atoms with Gasteiger partial charge in [0.2, 0.25) is 10.0 Å². The Morgan fingerprint density at radius 2 is 1.95 bits per heavy atom. The summed E-state index contributed by atoms with van der Waals surface area (Å²) in [5.74, 6) is 0. The zero-order valence-corrected chi connectivity index (χ0v) is 13.9. The van der Waals surface area contributed by atoms with E-state index in [9.17, 15) is 13.5 Å². The fraction of sp³-hybridized carbons (Fsp3) is 0.529. The third-order valence-corrected chi connectivity index (χ3v) is 6.71. The van der Waals surface area contributed by atoms with Crippen molar-refractivity contribution in [2.45, 2.75) is 51.2 Å². The molecule has 0 saturated carbocycles. The molecule has 1 unspecified atom stereocenters. The molecule has 0 amide bonds. The minimum absolute atomic E-state index is 0.337. The van der Waals surface area contributed by atoms with E-state index in [0.29, 0.717) is 24.3 Å². The largest absolute Gasteiger partial charge is 0.389 e. The molecule has 1 aromatic carbocycles. The molecule has 120 valence electrons. The molecule has 0 spiro atoms. The zero-order chi connectivity index (χ0) is 16.0. The summed E-state index contributed by atoms with van der Waals surface area (Å²) < 4.78 is 27.5. The minimum atomic E-state index is -3.50. The number of hydrogen-bond acceptors (Lipinski definition) is 3. The van der Waals surface area contributed by atoms with Crippen LogP contribution < -0.4 is 0 Å². The lowest BCUT2D eigenvalue weighted by Crippen LogP contribution is -2.48. The highest BCUT2D eigenvalue weighted by atomic mass is 32.2. The molecule has 1 atom stereocenters. The van der Waals surface area contributed by atoms with Gasteiger partial charge in [-0.2, -0.15) is 4.31 Å². The molecule has 1 fully saturated rings. The Balaban J connectivity index is 1.96. The fourth-order valence-electron chi connectivity index (χ4n) is 3.49. The monoisotopic (exact) mass is 321 g/mol. The SMILES string of the molecule is CC(C)(O)C1CCCN1S(=O)(=O)C1=Cc2ccccc2CC1. The van der Waals surface area contributed by atoms with Crippen LogP contribution in [-0.4, -0.2) is 36.0 Å². The van der Waals surface area contributed by atoms with Crippen molar-refractivity contribution in [2.24, 2.45) is 0 Å². The molecule has 1 aromatic rings. The Bertz CT molecular complexity index is 701. The number of rotatable bonds is 3. The van der Waals surface area contributed by atoms with Crippen LogP contribution in [0.5, 0.6) is 0 Å².